The molecule has 0 radical (unpaired) electrons. The van der Waals surface area contributed by atoms with Crippen molar-refractivity contribution < 1.29 is 9.53 Å². The van der Waals surface area contributed by atoms with E-state index in [2.05, 4.69) is 22.4 Å². The van der Waals surface area contributed by atoms with Gasteiger partial charge in [-0.05, 0) is 35.4 Å². The number of nitrogens with zero attached hydrogens (tertiary/aromatic N) is 1. The van der Waals surface area contributed by atoms with Gasteiger partial charge < -0.3 is 10.1 Å². The number of methoxy groups -OCH3 is 1. The molecule has 3 aromatic rings. The Morgan fingerprint density at radius 2 is 1.58 bits per heavy atom. The first-order valence-corrected chi connectivity index (χ1v) is 7.69. The van der Waals surface area contributed by atoms with Crippen LogP contribution in [0.4, 0.5) is 5.82 Å². The molecule has 0 spiro atoms. The minimum Gasteiger partial charge on any atom is -0.465 e. The molecule has 0 fully saturated rings. The maximum absolute atomic E-state index is 11.6. The minimum absolute atomic E-state index is 0.0622. The number of hydrogen-bond donors (Lipinski definition) is 1. The lowest BCUT2D eigenvalue weighted by atomic mass is 9.97. The van der Waals surface area contributed by atoms with Crippen molar-refractivity contribution >= 4 is 11.8 Å². The summed E-state index contributed by atoms with van der Waals surface area (Å²) >= 11 is 0. The first-order chi connectivity index (χ1) is 11.8. The summed E-state index contributed by atoms with van der Waals surface area (Å²) in [5, 5.41) is 3.45. The van der Waals surface area contributed by atoms with Crippen molar-refractivity contribution in [3.63, 3.8) is 0 Å². The molecule has 4 heteroatoms. The number of ether oxygens (including phenoxy) is 1. The highest BCUT2D eigenvalue weighted by Crippen LogP contribution is 2.26. The third kappa shape index (κ3) is 3.60. The Labute approximate surface area is 141 Å². The molecule has 0 unspecified atom stereocenters. The van der Waals surface area contributed by atoms with E-state index in [-0.39, 0.29) is 12.0 Å². The van der Waals surface area contributed by atoms with E-state index < -0.39 is 0 Å². The fraction of sp³-hybridized carbons (Fsp3) is 0.100. The number of pyridine rings is 1. The second kappa shape index (κ2) is 7.42. The molecular weight excluding hydrogens is 300 g/mol. The van der Waals surface area contributed by atoms with Crippen molar-refractivity contribution in [2.24, 2.45) is 0 Å². The van der Waals surface area contributed by atoms with E-state index in [1.807, 2.05) is 48.5 Å². The van der Waals surface area contributed by atoms with Crippen molar-refractivity contribution in [1.82, 2.24) is 4.98 Å². The van der Waals surface area contributed by atoms with E-state index in [9.17, 15) is 4.79 Å². The molecule has 1 atom stereocenters. The lowest BCUT2D eigenvalue weighted by molar-refractivity contribution is 0.0600. The van der Waals surface area contributed by atoms with E-state index in [4.69, 9.17) is 4.74 Å². The molecule has 1 N–H and O–H groups in total. The summed E-state index contributed by atoms with van der Waals surface area (Å²) in [6, 6.07) is 23.2. The monoisotopic (exact) mass is 318 g/mol. The van der Waals surface area contributed by atoms with Gasteiger partial charge in [0.15, 0.2) is 0 Å². The van der Waals surface area contributed by atoms with Gasteiger partial charge in [0.1, 0.15) is 5.82 Å². The van der Waals surface area contributed by atoms with Gasteiger partial charge in [0.25, 0.3) is 0 Å². The summed E-state index contributed by atoms with van der Waals surface area (Å²) < 4.78 is 4.75. The van der Waals surface area contributed by atoms with Crippen LogP contribution >= 0.6 is 0 Å². The summed E-state index contributed by atoms with van der Waals surface area (Å²) in [5.41, 5.74) is 2.69. The number of esters is 1. The van der Waals surface area contributed by atoms with E-state index in [0.717, 1.165) is 16.9 Å². The lowest BCUT2D eigenvalue weighted by Gasteiger charge is -2.20. The largest absolute Gasteiger partial charge is 0.465 e. The van der Waals surface area contributed by atoms with E-state index in [1.54, 1.807) is 18.3 Å². The van der Waals surface area contributed by atoms with Gasteiger partial charge in [-0.15, -0.1) is 0 Å². The van der Waals surface area contributed by atoms with Gasteiger partial charge in [-0.25, -0.2) is 9.78 Å². The molecule has 3 rings (SSSR count). The van der Waals surface area contributed by atoms with Crippen LogP contribution in [0.1, 0.15) is 27.5 Å². The predicted molar refractivity (Wildman–Crippen MR) is 93.9 cm³/mol. The van der Waals surface area contributed by atoms with Gasteiger partial charge in [0.05, 0.1) is 18.7 Å². The summed E-state index contributed by atoms with van der Waals surface area (Å²) in [6.07, 6.45) is 1.75. The van der Waals surface area contributed by atoms with Crippen LogP contribution in [0.15, 0.2) is 79.0 Å². The van der Waals surface area contributed by atoms with Crippen LogP contribution in [0, 0.1) is 0 Å². The summed E-state index contributed by atoms with van der Waals surface area (Å²) in [4.78, 5) is 16.0. The van der Waals surface area contributed by atoms with Crippen molar-refractivity contribution in [1.29, 1.82) is 0 Å². The predicted octanol–water partition coefficient (Wildman–Crippen LogP) is 4.07. The Kier molecular flexibility index (Phi) is 4.87. The molecule has 1 heterocycles. The highest BCUT2D eigenvalue weighted by Gasteiger charge is 2.15. The number of carbonyl (C=O) groups excluding carboxylic acids is 1. The highest BCUT2D eigenvalue weighted by molar-refractivity contribution is 5.89. The van der Waals surface area contributed by atoms with Crippen molar-refractivity contribution in [2.75, 3.05) is 12.4 Å². The van der Waals surface area contributed by atoms with Gasteiger partial charge in [0, 0.05) is 6.20 Å². The highest BCUT2D eigenvalue weighted by atomic mass is 16.5. The van der Waals surface area contributed by atoms with Gasteiger partial charge in [-0.2, -0.15) is 0 Å². The quantitative estimate of drug-likeness (QED) is 0.721. The van der Waals surface area contributed by atoms with Crippen LogP contribution in [-0.4, -0.2) is 18.1 Å². The van der Waals surface area contributed by atoms with Crippen LogP contribution in [0.5, 0.6) is 0 Å². The van der Waals surface area contributed by atoms with E-state index in [0.29, 0.717) is 5.56 Å². The number of aromatic nitrogens is 1. The van der Waals surface area contributed by atoms with Crippen molar-refractivity contribution in [2.45, 2.75) is 6.04 Å². The maximum Gasteiger partial charge on any atom is 0.337 e. The SMILES string of the molecule is COC(=O)c1ccc([C@H](Nc2ccccn2)c2ccccc2)cc1. The number of benzene rings is 2. The molecule has 0 saturated heterocycles. The van der Waals surface area contributed by atoms with Gasteiger partial charge in [-0.1, -0.05) is 48.5 Å². The molecule has 24 heavy (non-hydrogen) atoms. The third-order valence-corrected chi connectivity index (χ3v) is 3.76. The second-order valence-electron chi connectivity index (χ2n) is 5.32. The van der Waals surface area contributed by atoms with Crippen molar-refractivity contribution in [3.8, 4) is 0 Å². The van der Waals surface area contributed by atoms with Gasteiger partial charge >= 0.3 is 5.97 Å². The number of carbonyl (C=O) groups is 1. The zero-order chi connectivity index (χ0) is 16.8. The Balaban J connectivity index is 1.94. The Morgan fingerprint density at radius 1 is 0.917 bits per heavy atom. The van der Waals surface area contributed by atoms with Crippen LogP contribution in [-0.2, 0) is 4.74 Å². The van der Waals surface area contributed by atoms with E-state index in [1.165, 1.54) is 7.11 Å². The molecule has 0 bridgehead atoms. The molecule has 0 aliphatic heterocycles. The van der Waals surface area contributed by atoms with Crippen LogP contribution in [0.3, 0.4) is 0 Å². The summed E-state index contributed by atoms with van der Waals surface area (Å²) in [7, 11) is 1.38. The molecule has 0 saturated carbocycles. The topological polar surface area (TPSA) is 51.2 Å². The Morgan fingerprint density at radius 3 is 2.21 bits per heavy atom. The molecule has 4 nitrogen and oxygen atoms in total. The van der Waals surface area contributed by atoms with Crippen LogP contribution in [0.2, 0.25) is 0 Å². The van der Waals surface area contributed by atoms with Crippen molar-refractivity contribution in [3.05, 3.63) is 95.7 Å². The molecule has 120 valence electrons. The fourth-order valence-electron chi connectivity index (χ4n) is 2.53. The molecule has 0 aliphatic carbocycles. The first kappa shape index (κ1) is 15.7. The molecular formula is C20H18N2O2. The number of rotatable bonds is 5. The lowest BCUT2D eigenvalue weighted by Crippen LogP contribution is -2.13. The normalized spacial score (nSPS) is 11.5. The van der Waals surface area contributed by atoms with Gasteiger partial charge in [-0.3, -0.25) is 0 Å². The van der Waals surface area contributed by atoms with Gasteiger partial charge in [0.2, 0.25) is 0 Å². The number of anilines is 1. The minimum atomic E-state index is -0.338. The third-order valence-electron chi connectivity index (χ3n) is 3.76. The average Bonchev–Trinajstić information content (AvgIpc) is 2.67. The van der Waals surface area contributed by atoms with Crippen LogP contribution in [0.25, 0.3) is 0 Å². The molecule has 1 aromatic heterocycles. The standard InChI is InChI=1S/C20H18N2O2/c1-24-20(23)17-12-10-16(11-13-17)19(15-7-3-2-4-8-15)22-18-9-5-6-14-21-18/h2-14,19H,1H3,(H,21,22)/t19-/m1/s1. The first-order valence-electron chi connectivity index (χ1n) is 7.69. The molecule has 2 aromatic carbocycles. The van der Waals surface area contributed by atoms with E-state index >= 15 is 0 Å². The molecule has 0 aliphatic rings. The smallest absolute Gasteiger partial charge is 0.337 e. The second-order valence-corrected chi connectivity index (χ2v) is 5.32. The fourth-order valence-corrected chi connectivity index (χ4v) is 2.53. The summed E-state index contributed by atoms with van der Waals surface area (Å²) in [5.74, 6) is 0.457. The summed E-state index contributed by atoms with van der Waals surface area (Å²) in [6.45, 7) is 0. The average molecular weight is 318 g/mol. The molecule has 0 amide bonds. The maximum atomic E-state index is 11.6. The van der Waals surface area contributed by atoms with Crippen LogP contribution < -0.4 is 5.32 Å². The Hall–Kier alpha value is -3.14. The number of hydrogen-bond acceptors (Lipinski definition) is 4. The zero-order valence-electron chi connectivity index (χ0n) is 13.3. The zero-order valence-corrected chi connectivity index (χ0v) is 13.3. The Bertz CT molecular complexity index is 787. The number of nitrogens with one attached hydrogen (secondary N) is 1.